The van der Waals surface area contributed by atoms with Crippen LogP contribution in [0.4, 0.5) is 0 Å². The van der Waals surface area contributed by atoms with Gasteiger partial charge in [-0.25, -0.2) is 0 Å². The van der Waals surface area contributed by atoms with E-state index in [0.717, 1.165) is 25.7 Å². The minimum Gasteiger partial charge on any atom is -0.359 e. The molecule has 2 rings (SSSR count). The lowest BCUT2D eigenvalue weighted by molar-refractivity contribution is -0.144. The molecule has 1 heterocycles. The minimum atomic E-state index is -0.202. The van der Waals surface area contributed by atoms with Crippen molar-refractivity contribution < 1.29 is 4.74 Å². The fourth-order valence-corrected chi connectivity index (χ4v) is 5.22. The molecule has 32 heavy (non-hydrogen) atoms. The van der Waals surface area contributed by atoms with Gasteiger partial charge in [0.25, 0.3) is 0 Å². The van der Waals surface area contributed by atoms with Gasteiger partial charge >= 0.3 is 0 Å². The average Bonchev–Trinajstić information content (AvgIpc) is 2.75. The van der Waals surface area contributed by atoms with Crippen molar-refractivity contribution in [1.29, 1.82) is 0 Å². The second-order valence-electron chi connectivity index (χ2n) is 10.5. The predicted molar refractivity (Wildman–Crippen MR) is 141 cm³/mol. The number of fused-ring (bicyclic) bond motifs is 1. The van der Waals surface area contributed by atoms with Gasteiger partial charge in [-0.2, -0.15) is 13.3 Å². The first-order chi connectivity index (χ1) is 15.3. The maximum atomic E-state index is 7.08. The minimum absolute atomic E-state index is 0.0340. The highest BCUT2D eigenvalue weighted by molar-refractivity contribution is 5.44. The molecule has 0 aromatic heterocycles. The first-order valence-electron chi connectivity index (χ1n) is 13.2. The van der Waals surface area contributed by atoms with E-state index < -0.39 is 0 Å². The monoisotopic (exact) mass is 437 g/mol. The highest BCUT2D eigenvalue weighted by Gasteiger charge is 2.47. The molecule has 0 radical (unpaired) electrons. The summed E-state index contributed by atoms with van der Waals surface area (Å²) in [4.78, 5) is 0. The van der Waals surface area contributed by atoms with Crippen molar-refractivity contribution in [1.82, 2.24) is 0 Å². The van der Waals surface area contributed by atoms with Crippen molar-refractivity contribution >= 4 is 0 Å². The number of rotatable bonds is 13. The molecule has 0 saturated carbocycles. The van der Waals surface area contributed by atoms with Crippen molar-refractivity contribution in [3.8, 4) is 0 Å². The molecule has 1 fully saturated rings. The molecule has 2 unspecified atom stereocenters. The smallest absolute Gasteiger partial charge is 0.118 e. The van der Waals surface area contributed by atoms with Gasteiger partial charge in [0.15, 0.2) is 0 Å². The Morgan fingerprint density at radius 1 is 1.09 bits per heavy atom. The SMILES string of the molecule is C[CH-]CC/C=C(\C)CC/C=C(\C)CCCC1(C)CCC2=C=CC(C)=C(C)C2(CCCC)O1. The van der Waals surface area contributed by atoms with Crippen LogP contribution in [-0.4, -0.2) is 11.2 Å². The topological polar surface area (TPSA) is 9.23 Å². The van der Waals surface area contributed by atoms with Crippen LogP contribution in [0.2, 0.25) is 0 Å². The van der Waals surface area contributed by atoms with Crippen LogP contribution in [0.25, 0.3) is 0 Å². The van der Waals surface area contributed by atoms with Crippen LogP contribution < -0.4 is 0 Å². The molecular formula is C31H49O-. The van der Waals surface area contributed by atoms with Crippen molar-refractivity contribution in [3.63, 3.8) is 0 Å². The molecule has 0 bridgehead atoms. The molecule has 2 aliphatic rings. The van der Waals surface area contributed by atoms with E-state index in [1.54, 1.807) is 0 Å². The van der Waals surface area contributed by atoms with Crippen LogP contribution in [0, 0.1) is 6.42 Å². The van der Waals surface area contributed by atoms with Gasteiger partial charge in [0.2, 0.25) is 0 Å². The first kappa shape index (κ1) is 26.9. The normalized spacial score (nSPS) is 26.4. The van der Waals surface area contributed by atoms with E-state index in [1.807, 2.05) is 0 Å². The van der Waals surface area contributed by atoms with E-state index in [2.05, 4.69) is 78.8 Å². The third-order valence-electron chi connectivity index (χ3n) is 7.61. The van der Waals surface area contributed by atoms with Gasteiger partial charge in [0.05, 0.1) is 5.60 Å². The number of unbranched alkanes of at least 4 members (excludes halogenated alkanes) is 3. The second kappa shape index (κ2) is 12.8. The molecule has 1 aliphatic heterocycles. The van der Waals surface area contributed by atoms with Crippen LogP contribution >= 0.6 is 0 Å². The van der Waals surface area contributed by atoms with Gasteiger partial charge in [-0.3, -0.25) is 0 Å². The number of hydrogen-bond acceptors (Lipinski definition) is 1. The molecule has 0 spiro atoms. The average molecular weight is 438 g/mol. The third kappa shape index (κ3) is 7.36. The molecule has 1 heteroatoms. The van der Waals surface area contributed by atoms with Gasteiger partial charge in [0.1, 0.15) is 5.60 Å². The Labute approximate surface area is 199 Å². The van der Waals surface area contributed by atoms with Gasteiger partial charge in [-0.1, -0.05) is 49.5 Å². The molecule has 2 atom stereocenters. The summed E-state index contributed by atoms with van der Waals surface area (Å²) in [6.07, 6.45) is 23.3. The molecule has 1 nitrogen and oxygen atoms in total. The zero-order chi connectivity index (χ0) is 23.6. The Hall–Kier alpha value is -1.30. The maximum absolute atomic E-state index is 7.08. The van der Waals surface area contributed by atoms with Gasteiger partial charge in [-0.15, -0.1) is 5.73 Å². The summed E-state index contributed by atoms with van der Waals surface area (Å²) >= 11 is 0. The lowest BCUT2D eigenvalue weighted by Crippen LogP contribution is -2.50. The summed E-state index contributed by atoms with van der Waals surface area (Å²) in [5.74, 6) is 0. The molecule has 0 N–H and O–H groups in total. The molecule has 0 amide bonds. The van der Waals surface area contributed by atoms with E-state index in [1.165, 1.54) is 79.2 Å². The van der Waals surface area contributed by atoms with E-state index in [0.29, 0.717) is 0 Å². The zero-order valence-electron chi connectivity index (χ0n) is 22.2. The van der Waals surface area contributed by atoms with Crippen LogP contribution in [0.3, 0.4) is 0 Å². The third-order valence-corrected chi connectivity index (χ3v) is 7.61. The Balaban J connectivity index is 1.91. The Kier molecular flexibility index (Phi) is 10.8. The first-order valence-corrected chi connectivity index (χ1v) is 13.2. The largest absolute Gasteiger partial charge is 0.359 e. The predicted octanol–water partition coefficient (Wildman–Crippen LogP) is 9.76. The molecule has 1 aliphatic carbocycles. The van der Waals surface area contributed by atoms with Crippen molar-refractivity contribution in [3.05, 3.63) is 58.2 Å². The van der Waals surface area contributed by atoms with Crippen LogP contribution in [0.1, 0.15) is 126 Å². The van der Waals surface area contributed by atoms with Gasteiger partial charge in [0, 0.05) is 5.57 Å². The summed E-state index contributed by atoms with van der Waals surface area (Å²) in [6.45, 7) is 15.9. The fraction of sp³-hybridized carbons (Fsp3) is 0.677. The van der Waals surface area contributed by atoms with Crippen LogP contribution in [0.15, 0.2) is 51.8 Å². The quantitative estimate of drug-likeness (QED) is 0.120. The maximum Gasteiger partial charge on any atom is 0.118 e. The zero-order valence-corrected chi connectivity index (χ0v) is 22.2. The van der Waals surface area contributed by atoms with E-state index in [4.69, 9.17) is 4.74 Å². The standard InChI is InChI=1S/C31H49O/c1-8-10-12-15-25(3)16-13-17-26(4)18-14-22-30(7)24-21-29-20-19-27(5)28(6)31(29,32-30)23-11-9-2/h8,15,17,19H,9-14,16,18,21-24H2,1-7H3/q-1/b25-15+,26-17+. The Morgan fingerprint density at radius 2 is 1.81 bits per heavy atom. The van der Waals surface area contributed by atoms with Gasteiger partial charge in [-0.05, 0) is 103 Å². The number of hydrogen-bond donors (Lipinski definition) is 0. The highest BCUT2D eigenvalue weighted by Crippen LogP contribution is 2.49. The van der Waals surface area contributed by atoms with Crippen molar-refractivity contribution in [2.24, 2.45) is 0 Å². The molecule has 0 aromatic rings. The lowest BCUT2D eigenvalue weighted by Gasteiger charge is -2.50. The van der Waals surface area contributed by atoms with Crippen LogP contribution in [-0.2, 0) is 4.74 Å². The lowest BCUT2D eigenvalue weighted by atomic mass is 9.71. The second-order valence-corrected chi connectivity index (χ2v) is 10.5. The molecule has 1 saturated heterocycles. The summed E-state index contributed by atoms with van der Waals surface area (Å²) in [5.41, 5.74) is 10.6. The van der Waals surface area contributed by atoms with E-state index in [9.17, 15) is 0 Å². The fourth-order valence-electron chi connectivity index (χ4n) is 5.22. The van der Waals surface area contributed by atoms with E-state index in [-0.39, 0.29) is 11.2 Å². The molecular weight excluding hydrogens is 388 g/mol. The summed E-state index contributed by atoms with van der Waals surface area (Å²) in [7, 11) is 0. The highest BCUT2D eigenvalue weighted by atomic mass is 16.5. The van der Waals surface area contributed by atoms with Crippen molar-refractivity contribution in [2.75, 3.05) is 0 Å². The summed E-state index contributed by atoms with van der Waals surface area (Å²) < 4.78 is 7.08. The van der Waals surface area contributed by atoms with E-state index >= 15 is 0 Å². The summed E-state index contributed by atoms with van der Waals surface area (Å²) in [5, 5.41) is 0. The number of allylic oxidation sites excluding steroid dienone is 5. The Bertz CT molecular complexity index is 770. The van der Waals surface area contributed by atoms with Crippen molar-refractivity contribution in [2.45, 2.75) is 137 Å². The summed E-state index contributed by atoms with van der Waals surface area (Å²) in [6, 6.07) is 0. The number of ether oxygens (including phenoxy) is 1. The van der Waals surface area contributed by atoms with Gasteiger partial charge < -0.3 is 11.2 Å². The Morgan fingerprint density at radius 3 is 2.53 bits per heavy atom. The van der Waals surface area contributed by atoms with Crippen LogP contribution in [0.5, 0.6) is 0 Å². The molecule has 0 aromatic carbocycles. The molecule has 180 valence electrons.